The highest BCUT2D eigenvalue weighted by Gasteiger charge is 2.38. The van der Waals surface area contributed by atoms with Crippen LogP contribution in [0.1, 0.15) is 70.0 Å². The predicted molar refractivity (Wildman–Crippen MR) is 126 cm³/mol. The van der Waals surface area contributed by atoms with Crippen LogP contribution in [0.25, 0.3) is 0 Å². The van der Waals surface area contributed by atoms with E-state index >= 15 is 0 Å². The molecule has 6 heteroatoms. The highest BCUT2D eigenvalue weighted by molar-refractivity contribution is 6.33. The Morgan fingerprint density at radius 3 is 2.72 bits per heavy atom. The summed E-state index contributed by atoms with van der Waals surface area (Å²) in [5.74, 6) is -0.0532. The molecule has 2 saturated heterocycles. The molecule has 2 aromatic rings. The molecule has 1 aliphatic carbocycles. The van der Waals surface area contributed by atoms with E-state index in [4.69, 9.17) is 11.6 Å². The van der Waals surface area contributed by atoms with Crippen LogP contribution in [0.4, 0.5) is 0 Å². The van der Waals surface area contributed by atoms with Gasteiger partial charge in [0.1, 0.15) is 0 Å². The quantitative estimate of drug-likeness (QED) is 0.728. The fourth-order valence-corrected chi connectivity index (χ4v) is 5.92. The molecule has 2 amide bonds. The van der Waals surface area contributed by atoms with Crippen LogP contribution >= 0.6 is 11.6 Å². The van der Waals surface area contributed by atoms with Gasteiger partial charge in [0.05, 0.1) is 16.6 Å². The van der Waals surface area contributed by atoms with Gasteiger partial charge in [-0.2, -0.15) is 0 Å². The lowest BCUT2D eigenvalue weighted by atomic mass is 9.73. The van der Waals surface area contributed by atoms with Crippen molar-refractivity contribution in [2.75, 3.05) is 26.2 Å². The van der Waals surface area contributed by atoms with Crippen molar-refractivity contribution in [2.24, 2.45) is 5.41 Å². The number of rotatable bonds is 3. The summed E-state index contributed by atoms with van der Waals surface area (Å²) >= 11 is 6.20. The summed E-state index contributed by atoms with van der Waals surface area (Å²) in [6.07, 6.45) is 6.33. The van der Waals surface area contributed by atoms with E-state index in [1.165, 1.54) is 12.0 Å². The minimum Gasteiger partial charge on any atom is -0.345 e. The van der Waals surface area contributed by atoms with E-state index in [0.717, 1.165) is 69.4 Å². The number of carbonyl (C=O) groups is 2. The third-order valence-electron chi connectivity index (χ3n) is 7.51. The van der Waals surface area contributed by atoms with Crippen LogP contribution in [-0.2, 0) is 6.42 Å². The van der Waals surface area contributed by atoms with Crippen molar-refractivity contribution in [1.82, 2.24) is 15.5 Å². The Kier molecular flexibility index (Phi) is 5.95. The van der Waals surface area contributed by atoms with Gasteiger partial charge in [-0.15, -0.1) is 0 Å². The molecule has 5 rings (SSSR count). The Labute approximate surface area is 194 Å². The SMILES string of the molecule is O=C(N[C@@H]1CCc2ccc(C(=O)N3CCCC4(CCNCC4)C3)cc21)c1ccccc1Cl. The van der Waals surface area contributed by atoms with Gasteiger partial charge >= 0.3 is 0 Å². The zero-order valence-corrected chi connectivity index (χ0v) is 19.1. The van der Waals surface area contributed by atoms with E-state index in [9.17, 15) is 9.59 Å². The van der Waals surface area contributed by atoms with Gasteiger partial charge in [-0.1, -0.05) is 29.8 Å². The highest BCUT2D eigenvalue weighted by atomic mass is 35.5. The van der Waals surface area contributed by atoms with Crippen LogP contribution < -0.4 is 10.6 Å². The van der Waals surface area contributed by atoms with E-state index in [1.807, 2.05) is 24.3 Å². The van der Waals surface area contributed by atoms with Crippen molar-refractivity contribution >= 4 is 23.4 Å². The molecule has 0 unspecified atom stereocenters. The number of likely N-dealkylation sites (tertiary alicyclic amines) is 1. The first-order chi connectivity index (χ1) is 15.5. The predicted octanol–water partition coefficient (Wildman–Crippen LogP) is 4.36. The number of halogens is 1. The van der Waals surface area contributed by atoms with E-state index < -0.39 is 0 Å². The van der Waals surface area contributed by atoms with Gasteiger partial charge in [0.25, 0.3) is 11.8 Å². The molecular weight excluding hydrogens is 422 g/mol. The van der Waals surface area contributed by atoms with Gasteiger partial charge in [-0.25, -0.2) is 0 Å². The molecule has 1 spiro atoms. The van der Waals surface area contributed by atoms with E-state index in [2.05, 4.69) is 21.6 Å². The number of amides is 2. The fourth-order valence-electron chi connectivity index (χ4n) is 5.70. The van der Waals surface area contributed by atoms with Crippen LogP contribution in [0.5, 0.6) is 0 Å². The first-order valence-electron chi connectivity index (χ1n) is 11.7. The first-order valence-corrected chi connectivity index (χ1v) is 12.1. The highest BCUT2D eigenvalue weighted by Crippen LogP contribution is 2.39. The Morgan fingerprint density at radius 1 is 1.09 bits per heavy atom. The number of carbonyl (C=O) groups excluding carboxylic acids is 2. The van der Waals surface area contributed by atoms with Gasteiger partial charge in [0.15, 0.2) is 0 Å². The topological polar surface area (TPSA) is 61.4 Å². The Hall–Kier alpha value is -2.37. The van der Waals surface area contributed by atoms with Crippen molar-refractivity contribution < 1.29 is 9.59 Å². The van der Waals surface area contributed by atoms with Crippen molar-refractivity contribution in [3.8, 4) is 0 Å². The number of nitrogens with one attached hydrogen (secondary N) is 2. The van der Waals surface area contributed by atoms with Crippen LogP contribution in [-0.4, -0.2) is 42.9 Å². The summed E-state index contributed by atoms with van der Waals surface area (Å²) in [5, 5.41) is 7.03. The molecule has 0 saturated carbocycles. The Balaban J connectivity index is 1.32. The molecule has 2 N–H and O–H groups in total. The van der Waals surface area contributed by atoms with Gasteiger partial charge in [-0.3, -0.25) is 9.59 Å². The lowest BCUT2D eigenvalue weighted by Gasteiger charge is -2.45. The number of piperidine rings is 2. The maximum Gasteiger partial charge on any atom is 0.253 e. The molecule has 3 aliphatic rings. The number of aryl methyl sites for hydroxylation is 1. The maximum absolute atomic E-state index is 13.4. The molecule has 168 valence electrons. The average Bonchev–Trinajstić information content (AvgIpc) is 3.21. The molecule has 2 fully saturated rings. The third-order valence-corrected chi connectivity index (χ3v) is 7.84. The zero-order valence-electron chi connectivity index (χ0n) is 18.3. The van der Waals surface area contributed by atoms with Gasteiger partial charge in [0.2, 0.25) is 0 Å². The summed E-state index contributed by atoms with van der Waals surface area (Å²) in [5.41, 5.74) is 3.76. The summed E-state index contributed by atoms with van der Waals surface area (Å²) in [4.78, 5) is 28.3. The fraction of sp³-hybridized carbons (Fsp3) is 0.462. The van der Waals surface area contributed by atoms with E-state index in [-0.39, 0.29) is 23.3 Å². The second-order valence-corrected chi connectivity index (χ2v) is 9.95. The standard InChI is InChI=1S/C26H30ClN3O2/c27-22-5-2-1-4-20(22)24(31)29-23-9-8-18-6-7-19(16-21(18)23)25(32)30-15-3-10-26(17-30)11-13-28-14-12-26/h1-2,4-7,16,23,28H,3,8-15,17H2,(H,29,31)/t23-/m1/s1. The number of fused-ring (bicyclic) bond motifs is 1. The number of hydrogen-bond acceptors (Lipinski definition) is 3. The van der Waals surface area contributed by atoms with Crippen molar-refractivity contribution in [2.45, 2.75) is 44.6 Å². The maximum atomic E-state index is 13.4. The second kappa shape index (κ2) is 8.87. The summed E-state index contributed by atoms with van der Waals surface area (Å²) in [7, 11) is 0. The number of nitrogens with zero attached hydrogens (tertiary/aromatic N) is 1. The minimum absolute atomic E-state index is 0.0985. The van der Waals surface area contributed by atoms with E-state index in [1.54, 1.807) is 12.1 Å². The van der Waals surface area contributed by atoms with Crippen molar-refractivity contribution in [1.29, 1.82) is 0 Å². The summed E-state index contributed by atoms with van der Waals surface area (Å²) in [6.45, 7) is 3.79. The number of benzene rings is 2. The Morgan fingerprint density at radius 2 is 1.91 bits per heavy atom. The molecule has 2 aromatic carbocycles. The molecule has 0 radical (unpaired) electrons. The first kappa shape index (κ1) is 21.5. The average molecular weight is 452 g/mol. The van der Waals surface area contributed by atoms with Crippen LogP contribution in [0, 0.1) is 5.41 Å². The van der Waals surface area contributed by atoms with Gasteiger partial charge in [-0.05, 0) is 92.4 Å². The molecule has 5 nitrogen and oxygen atoms in total. The lowest BCUT2D eigenvalue weighted by molar-refractivity contribution is 0.0411. The van der Waals surface area contributed by atoms with Crippen molar-refractivity contribution in [3.05, 3.63) is 69.7 Å². The third kappa shape index (κ3) is 4.16. The molecule has 0 bridgehead atoms. The van der Waals surface area contributed by atoms with Gasteiger partial charge < -0.3 is 15.5 Å². The van der Waals surface area contributed by atoms with Crippen LogP contribution in [0.15, 0.2) is 42.5 Å². The van der Waals surface area contributed by atoms with Crippen molar-refractivity contribution in [3.63, 3.8) is 0 Å². The summed E-state index contributed by atoms with van der Waals surface area (Å²) < 4.78 is 0. The van der Waals surface area contributed by atoms with E-state index in [0.29, 0.717) is 10.6 Å². The van der Waals surface area contributed by atoms with Crippen LogP contribution in [0.3, 0.4) is 0 Å². The molecule has 2 heterocycles. The molecule has 0 aromatic heterocycles. The Bertz CT molecular complexity index is 1030. The zero-order chi connectivity index (χ0) is 22.1. The minimum atomic E-state index is -0.172. The summed E-state index contributed by atoms with van der Waals surface area (Å²) in [6, 6.07) is 13.0. The second-order valence-electron chi connectivity index (χ2n) is 9.54. The molecule has 1 atom stereocenters. The number of hydrogen-bond donors (Lipinski definition) is 2. The molecule has 2 aliphatic heterocycles. The molecular formula is C26H30ClN3O2. The monoisotopic (exact) mass is 451 g/mol. The largest absolute Gasteiger partial charge is 0.345 e. The normalized spacial score (nSPS) is 21.9. The lowest BCUT2D eigenvalue weighted by Crippen LogP contribution is -2.50. The smallest absolute Gasteiger partial charge is 0.253 e. The van der Waals surface area contributed by atoms with Crippen LogP contribution in [0.2, 0.25) is 5.02 Å². The molecule has 32 heavy (non-hydrogen) atoms. The van der Waals surface area contributed by atoms with Gasteiger partial charge in [0, 0.05) is 18.7 Å².